The molecule has 4 heteroatoms. The van der Waals surface area contributed by atoms with Gasteiger partial charge in [0.05, 0.1) is 5.52 Å². The zero-order valence-electron chi connectivity index (χ0n) is 14.0. The van der Waals surface area contributed by atoms with E-state index in [0.29, 0.717) is 17.0 Å². The van der Waals surface area contributed by atoms with Crippen molar-refractivity contribution in [2.45, 2.75) is 20.8 Å². The van der Waals surface area contributed by atoms with Crippen LogP contribution in [0.15, 0.2) is 42.5 Å². The molecule has 0 fully saturated rings. The molecule has 0 saturated carbocycles. The van der Waals surface area contributed by atoms with E-state index < -0.39 is 0 Å². The third kappa shape index (κ3) is 2.71. The van der Waals surface area contributed by atoms with Crippen LogP contribution in [0.1, 0.15) is 32.0 Å². The summed E-state index contributed by atoms with van der Waals surface area (Å²) in [6.07, 6.45) is 0.797. The molecule has 0 N–H and O–H groups in total. The number of hydrogen-bond donors (Lipinski definition) is 0. The molecule has 0 amide bonds. The lowest BCUT2D eigenvalue weighted by atomic mass is 10.1. The monoisotopic (exact) mass is 321 g/mol. The van der Waals surface area contributed by atoms with Gasteiger partial charge in [0.2, 0.25) is 0 Å². The number of fused-ring (bicyclic) bond motifs is 1. The summed E-state index contributed by atoms with van der Waals surface area (Å²) in [7, 11) is 0. The van der Waals surface area contributed by atoms with Crippen molar-refractivity contribution in [3.05, 3.63) is 64.8 Å². The summed E-state index contributed by atoms with van der Waals surface area (Å²) in [5.41, 5.74) is 4.21. The van der Waals surface area contributed by atoms with Crippen LogP contribution in [0.4, 0.5) is 0 Å². The first kappa shape index (κ1) is 16.0. The Morgan fingerprint density at radius 1 is 1.08 bits per heavy atom. The number of rotatable bonds is 4. The highest BCUT2D eigenvalue weighted by atomic mass is 16.5. The molecule has 0 aliphatic carbocycles. The summed E-state index contributed by atoms with van der Waals surface area (Å²) in [4.78, 5) is 24.0. The molecule has 0 spiro atoms. The first-order chi connectivity index (χ1) is 11.5. The standard InChI is InChI=1S/C20H19NO3/c1-13-8-9-16(10-14(13)2)24-12-20(23)21-15(3)18(11-22)17-6-4-5-7-19(17)21/h4-11H,12H2,1-3H3. The van der Waals surface area contributed by atoms with Crippen LogP contribution in [-0.4, -0.2) is 23.4 Å². The molecule has 3 rings (SSSR count). The molecule has 0 radical (unpaired) electrons. The average molecular weight is 321 g/mol. The SMILES string of the molecule is Cc1ccc(OCC(=O)n2c(C)c(C=O)c3ccccc32)cc1C. The highest BCUT2D eigenvalue weighted by Gasteiger charge is 2.18. The van der Waals surface area contributed by atoms with Crippen molar-refractivity contribution in [3.8, 4) is 5.75 Å². The molecule has 1 aromatic heterocycles. The van der Waals surface area contributed by atoms with Crippen LogP contribution >= 0.6 is 0 Å². The van der Waals surface area contributed by atoms with E-state index in [1.807, 2.05) is 56.3 Å². The van der Waals surface area contributed by atoms with Gasteiger partial charge >= 0.3 is 0 Å². The topological polar surface area (TPSA) is 48.3 Å². The Hall–Kier alpha value is -2.88. The van der Waals surface area contributed by atoms with Gasteiger partial charge in [0.1, 0.15) is 5.75 Å². The predicted octanol–water partition coefficient (Wildman–Crippen LogP) is 4.10. The first-order valence-corrected chi connectivity index (χ1v) is 7.81. The van der Waals surface area contributed by atoms with Gasteiger partial charge in [-0.05, 0) is 50.1 Å². The van der Waals surface area contributed by atoms with Crippen LogP contribution in [0.25, 0.3) is 10.9 Å². The first-order valence-electron chi connectivity index (χ1n) is 7.81. The van der Waals surface area contributed by atoms with E-state index in [1.165, 1.54) is 5.56 Å². The summed E-state index contributed by atoms with van der Waals surface area (Å²) < 4.78 is 7.20. The van der Waals surface area contributed by atoms with Gasteiger partial charge in [-0.2, -0.15) is 0 Å². The lowest BCUT2D eigenvalue weighted by Crippen LogP contribution is -2.20. The second-order valence-electron chi connectivity index (χ2n) is 5.90. The lowest BCUT2D eigenvalue weighted by Gasteiger charge is -2.10. The van der Waals surface area contributed by atoms with Gasteiger partial charge in [0.15, 0.2) is 12.9 Å². The van der Waals surface area contributed by atoms with E-state index in [0.717, 1.165) is 22.8 Å². The number of aldehydes is 1. The van der Waals surface area contributed by atoms with Gasteiger partial charge in [-0.15, -0.1) is 0 Å². The van der Waals surface area contributed by atoms with Crippen LogP contribution in [0.3, 0.4) is 0 Å². The van der Waals surface area contributed by atoms with Crippen molar-refractivity contribution in [3.63, 3.8) is 0 Å². The molecule has 0 bridgehead atoms. The molecular weight excluding hydrogens is 302 g/mol. The molecule has 122 valence electrons. The van der Waals surface area contributed by atoms with Crippen LogP contribution in [0.2, 0.25) is 0 Å². The molecule has 0 atom stereocenters. The molecule has 2 aromatic carbocycles. The smallest absolute Gasteiger partial charge is 0.269 e. The van der Waals surface area contributed by atoms with Gasteiger partial charge in [-0.3, -0.25) is 14.2 Å². The number of ether oxygens (including phenoxy) is 1. The summed E-state index contributed by atoms with van der Waals surface area (Å²) in [5, 5.41) is 0.782. The molecule has 0 saturated heterocycles. The van der Waals surface area contributed by atoms with Crippen molar-refractivity contribution < 1.29 is 14.3 Å². The van der Waals surface area contributed by atoms with Crippen molar-refractivity contribution in [1.82, 2.24) is 4.57 Å². The fourth-order valence-corrected chi connectivity index (χ4v) is 2.88. The number of benzene rings is 2. The Labute approximate surface area is 140 Å². The number of hydrogen-bond acceptors (Lipinski definition) is 3. The van der Waals surface area contributed by atoms with Crippen molar-refractivity contribution in [2.75, 3.05) is 6.61 Å². The fourth-order valence-electron chi connectivity index (χ4n) is 2.88. The Morgan fingerprint density at radius 3 is 2.54 bits per heavy atom. The minimum absolute atomic E-state index is 0.0830. The Kier molecular flexibility index (Phi) is 4.21. The number of para-hydroxylation sites is 1. The largest absolute Gasteiger partial charge is 0.484 e. The van der Waals surface area contributed by atoms with Crippen molar-refractivity contribution in [1.29, 1.82) is 0 Å². The highest BCUT2D eigenvalue weighted by molar-refractivity contribution is 6.04. The summed E-state index contributed by atoms with van der Waals surface area (Å²) >= 11 is 0. The van der Waals surface area contributed by atoms with Gasteiger partial charge in [0, 0.05) is 16.6 Å². The quantitative estimate of drug-likeness (QED) is 0.680. The molecule has 4 nitrogen and oxygen atoms in total. The maximum absolute atomic E-state index is 12.7. The van der Waals surface area contributed by atoms with E-state index in [2.05, 4.69) is 0 Å². The van der Waals surface area contributed by atoms with Crippen LogP contribution < -0.4 is 4.74 Å². The number of aryl methyl sites for hydroxylation is 2. The van der Waals surface area contributed by atoms with E-state index in [1.54, 1.807) is 11.5 Å². The fraction of sp³-hybridized carbons (Fsp3) is 0.200. The zero-order chi connectivity index (χ0) is 17.3. The Balaban J connectivity index is 1.90. The van der Waals surface area contributed by atoms with Crippen molar-refractivity contribution >= 4 is 23.1 Å². The molecule has 0 unspecified atom stereocenters. The minimum Gasteiger partial charge on any atom is -0.484 e. The molecule has 3 aromatic rings. The van der Waals surface area contributed by atoms with Gasteiger partial charge in [0.25, 0.3) is 5.91 Å². The van der Waals surface area contributed by atoms with Gasteiger partial charge in [-0.1, -0.05) is 24.3 Å². The number of carbonyl (C=O) groups is 2. The number of nitrogens with zero attached hydrogens (tertiary/aromatic N) is 1. The summed E-state index contributed by atoms with van der Waals surface area (Å²) in [6, 6.07) is 13.1. The maximum atomic E-state index is 12.7. The normalized spacial score (nSPS) is 10.8. The van der Waals surface area contributed by atoms with E-state index in [-0.39, 0.29) is 12.5 Å². The Bertz CT molecular complexity index is 937. The molecular formula is C20H19NO3. The molecule has 0 aliphatic rings. The zero-order valence-corrected chi connectivity index (χ0v) is 14.0. The average Bonchev–Trinajstić information content (AvgIpc) is 2.87. The second kappa shape index (κ2) is 6.32. The highest BCUT2D eigenvalue weighted by Crippen LogP contribution is 2.24. The third-order valence-electron chi connectivity index (χ3n) is 4.37. The molecule has 1 heterocycles. The minimum atomic E-state index is -0.199. The predicted molar refractivity (Wildman–Crippen MR) is 94.1 cm³/mol. The maximum Gasteiger partial charge on any atom is 0.269 e. The van der Waals surface area contributed by atoms with Crippen molar-refractivity contribution in [2.24, 2.45) is 0 Å². The van der Waals surface area contributed by atoms with Gasteiger partial charge in [-0.25, -0.2) is 0 Å². The Morgan fingerprint density at radius 2 is 1.83 bits per heavy atom. The van der Waals surface area contributed by atoms with Crippen LogP contribution in [-0.2, 0) is 0 Å². The number of aromatic nitrogens is 1. The number of carbonyl (C=O) groups excluding carboxylic acids is 2. The lowest BCUT2D eigenvalue weighted by molar-refractivity contribution is 0.0841. The third-order valence-corrected chi connectivity index (χ3v) is 4.37. The van der Waals surface area contributed by atoms with E-state index in [9.17, 15) is 9.59 Å². The van der Waals surface area contributed by atoms with E-state index >= 15 is 0 Å². The van der Waals surface area contributed by atoms with E-state index in [4.69, 9.17) is 4.74 Å². The second-order valence-corrected chi connectivity index (χ2v) is 5.90. The molecule has 24 heavy (non-hydrogen) atoms. The summed E-state index contributed by atoms with van der Waals surface area (Å²) in [6.45, 7) is 5.72. The molecule has 0 aliphatic heterocycles. The van der Waals surface area contributed by atoms with Crippen LogP contribution in [0, 0.1) is 20.8 Å². The summed E-state index contributed by atoms with van der Waals surface area (Å²) in [5.74, 6) is 0.464. The van der Waals surface area contributed by atoms with Gasteiger partial charge < -0.3 is 4.74 Å². The van der Waals surface area contributed by atoms with Crippen LogP contribution in [0.5, 0.6) is 5.75 Å².